The first kappa shape index (κ1) is 20.9. The third kappa shape index (κ3) is 4.28. The maximum Gasteiger partial charge on any atom is 0.360 e. The van der Waals surface area contributed by atoms with Crippen LogP contribution in [-0.4, -0.2) is 44.7 Å². The molecule has 0 amide bonds. The van der Waals surface area contributed by atoms with Gasteiger partial charge in [-0.1, -0.05) is 29.5 Å². The second-order valence-corrected chi connectivity index (χ2v) is 6.27. The Morgan fingerprint density at radius 1 is 1.23 bits per heavy atom. The van der Waals surface area contributed by atoms with Crippen molar-refractivity contribution in [2.45, 2.75) is 19.6 Å². The van der Waals surface area contributed by atoms with Crippen LogP contribution in [0.3, 0.4) is 0 Å². The normalized spacial score (nSPS) is 11.7. The van der Waals surface area contributed by atoms with Crippen molar-refractivity contribution in [2.24, 2.45) is 0 Å². The van der Waals surface area contributed by atoms with E-state index < -0.39 is 17.0 Å². The SMILES string of the molecule is CCOC(=O)c1nnn(Cc2ccc(OC)cc2)c1C(O)c1ccccc1[N+](=O)[O-]. The van der Waals surface area contributed by atoms with E-state index in [1.807, 2.05) is 0 Å². The zero-order chi connectivity index (χ0) is 21.7. The van der Waals surface area contributed by atoms with Crippen LogP contribution in [0.4, 0.5) is 5.69 Å². The Morgan fingerprint density at radius 2 is 1.93 bits per heavy atom. The fraction of sp³-hybridized carbons (Fsp3) is 0.250. The van der Waals surface area contributed by atoms with Crippen molar-refractivity contribution in [1.82, 2.24) is 15.0 Å². The van der Waals surface area contributed by atoms with Gasteiger partial charge in [-0.15, -0.1) is 5.10 Å². The first-order valence-electron chi connectivity index (χ1n) is 9.11. The summed E-state index contributed by atoms with van der Waals surface area (Å²) in [6, 6.07) is 12.9. The number of benzene rings is 2. The molecule has 1 N–H and O–H groups in total. The lowest BCUT2D eigenvalue weighted by molar-refractivity contribution is -0.386. The summed E-state index contributed by atoms with van der Waals surface area (Å²) >= 11 is 0. The lowest BCUT2D eigenvalue weighted by Gasteiger charge is -2.15. The Bertz CT molecular complexity index is 1050. The van der Waals surface area contributed by atoms with Gasteiger partial charge >= 0.3 is 5.97 Å². The number of carbonyl (C=O) groups is 1. The Kier molecular flexibility index (Phi) is 6.38. The Hall–Kier alpha value is -3.79. The number of hydrogen-bond donors (Lipinski definition) is 1. The summed E-state index contributed by atoms with van der Waals surface area (Å²) in [5.41, 5.74) is 0.352. The first-order chi connectivity index (χ1) is 14.5. The van der Waals surface area contributed by atoms with Gasteiger partial charge in [-0.2, -0.15) is 0 Å². The average molecular weight is 412 g/mol. The van der Waals surface area contributed by atoms with Crippen LogP contribution in [-0.2, 0) is 11.3 Å². The molecule has 0 aliphatic heterocycles. The molecule has 0 saturated carbocycles. The molecule has 10 nitrogen and oxygen atoms in total. The lowest BCUT2D eigenvalue weighted by Crippen LogP contribution is -2.17. The molecular weight excluding hydrogens is 392 g/mol. The number of aliphatic hydroxyl groups is 1. The van der Waals surface area contributed by atoms with Crippen molar-refractivity contribution >= 4 is 11.7 Å². The number of nitrogens with zero attached hydrogens (tertiary/aromatic N) is 4. The number of carbonyl (C=O) groups excluding carboxylic acids is 1. The number of hydrogen-bond acceptors (Lipinski definition) is 8. The Labute approximate surface area is 171 Å². The van der Waals surface area contributed by atoms with E-state index >= 15 is 0 Å². The highest BCUT2D eigenvalue weighted by molar-refractivity contribution is 5.88. The van der Waals surface area contributed by atoms with E-state index in [4.69, 9.17) is 9.47 Å². The molecule has 0 aliphatic carbocycles. The van der Waals surface area contributed by atoms with Gasteiger partial charge in [0.05, 0.1) is 30.7 Å². The molecule has 10 heteroatoms. The molecule has 1 unspecified atom stereocenters. The molecule has 1 heterocycles. The summed E-state index contributed by atoms with van der Waals surface area (Å²) in [5.74, 6) is -0.101. The van der Waals surface area contributed by atoms with E-state index in [1.165, 1.54) is 22.9 Å². The van der Waals surface area contributed by atoms with Gasteiger partial charge in [-0.3, -0.25) is 10.1 Å². The van der Waals surface area contributed by atoms with Gasteiger partial charge in [-0.05, 0) is 30.7 Å². The minimum Gasteiger partial charge on any atom is -0.497 e. The van der Waals surface area contributed by atoms with Crippen LogP contribution in [0.15, 0.2) is 48.5 Å². The maximum atomic E-state index is 12.4. The van der Waals surface area contributed by atoms with Crippen molar-refractivity contribution in [2.75, 3.05) is 13.7 Å². The monoisotopic (exact) mass is 412 g/mol. The summed E-state index contributed by atoms with van der Waals surface area (Å²) in [6.45, 7) is 1.91. The smallest absolute Gasteiger partial charge is 0.360 e. The van der Waals surface area contributed by atoms with Crippen LogP contribution in [0.1, 0.15) is 40.3 Å². The van der Waals surface area contributed by atoms with Gasteiger partial charge in [0.1, 0.15) is 17.5 Å². The van der Waals surface area contributed by atoms with E-state index in [1.54, 1.807) is 44.4 Å². The second-order valence-electron chi connectivity index (χ2n) is 6.27. The summed E-state index contributed by atoms with van der Waals surface area (Å²) in [7, 11) is 1.55. The largest absolute Gasteiger partial charge is 0.497 e. The third-order valence-electron chi connectivity index (χ3n) is 4.42. The highest BCUT2D eigenvalue weighted by atomic mass is 16.6. The second kappa shape index (κ2) is 9.14. The average Bonchev–Trinajstić information content (AvgIpc) is 3.17. The number of ether oxygens (including phenoxy) is 2. The van der Waals surface area contributed by atoms with Crippen molar-refractivity contribution in [1.29, 1.82) is 0 Å². The van der Waals surface area contributed by atoms with Crippen LogP contribution in [0.25, 0.3) is 0 Å². The molecule has 0 aliphatic rings. The standard InChI is InChI=1S/C20H20N4O6/c1-3-30-20(26)17-18(19(25)15-6-4-5-7-16(15)24(27)28)23(22-21-17)12-13-8-10-14(29-2)11-9-13/h4-11,19,25H,3,12H2,1-2H3. The Morgan fingerprint density at radius 3 is 2.57 bits per heavy atom. The highest BCUT2D eigenvalue weighted by Gasteiger charge is 2.31. The van der Waals surface area contributed by atoms with Crippen LogP contribution < -0.4 is 4.74 Å². The zero-order valence-electron chi connectivity index (χ0n) is 16.4. The van der Waals surface area contributed by atoms with Gasteiger partial charge in [0.25, 0.3) is 5.69 Å². The maximum absolute atomic E-state index is 12.4. The fourth-order valence-corrected chi connectivity index (χ4v) is 2.99. The quantitative estimate of drug-likeness (QED) is 0.339. The fourth-order valence-electron chi connectivity index (χ4n) is 2.99. The summed E-state index contributed by atoms with van der Waals surface area (Å²) in [5, 5.41) is 30.3. The highest BCUT2D eigenvalue weighted by Crippen LogP contribution is 2.31. The molecule has 1 atom stereocenters. The number of aromatic nitrogens is 3. The molecule has 3 rings (SSSR count). The van der Waals surface area contributed by atoms with Gasteiger partial charge in [0.2, 0.25) is 0 Å². The van der Waals surface area contributed by atoms with E-state index in [0.29, 0.717) is 5.75 Å². The van der Waals surface area contributed by atoms with Crippen LogP contribution in [0.2, 0.25) is 0 Å². The molecule has 0 radical (unpaired) electrons. The number of esters is 1. The lowest BCUT2D eigenvalue weighted by atomic mass is 10.0. The van der Waals surface area contributed by atoms with Crippen LogP contribution in [0, 0.1) is 10.1 Å². The molecule has 30 heavy (non-hydrogen) atoms. The molecule has 2 aromatic carbocycles. The molecule has 0 bridgehead atoms. The van der Waals surface area contributed by atoms with E-state index in [9.17, 15) is 20.0 Å². The van der Waals surface area contributed by atoms with Crippen LogP contribution >= 0.6 is 0 Å². The molecule has 3 aromatic rings. The minimum atomic E-state index is -1.51. The van der Waals surface area contributed by atoms with E-state index in [-0.39, 0.29) is 35.8 Å². The topological polar surface area (TPSA) is 130 Å². The number of aliphatic hydroxyl groups excluding tert-OH is 1. The summed E-state index contributed by atoms with van der Waals surface area (Å²) in [4.78, 5) is 23.2. The van der Waals surface area contributed by atoms with Crippen molar-refractivity contribution in [3.05, 3.63) is 81.2 Å². The molecular formula is C20H20N4O6. The van der Waals surface area contributed by atoms with Crippen molar-refractivity contribution in [3.8, 4) is 5.75 Å². The van der Waals surface area contributed by atoms with Gasteiger partial charge in [-0.25, -0.2) is 9.48 Å². The minimum absolute atomic E-state index is 0.0126. The number of rotatable bonds is 8. The van der Waals surface area contributed by atoms with Gasteiger partial charge in [0, 0.05) is 6.07 Å². The molecule has 1 aromatic heterocycles. The molecule has 0 fully saturated rings. The molecule has 156 valence electrons. The number of nitro benzene ring substituents is 1. The molecule has 0 saturated heterocycles. The number of methoxy groups -OCH3 is 1. The van der Waals surface area contributed by atoms with Crippen molar-refractivity contribution in [3.63, 3.8) is 0 Å². The van der Waals surface area contributed by atoms with E-state index in [2.05, 4.69) is 10.3 Å². The third-order valence-corrected chi connectivity index (χ3v) is 4.42. The number of nitro groups is 1. The summed E-state index contributed by atoms with van der Waals surface area (Å²) in [6.07, 6.45) is -1.51. The number of para-hydroxylation sites is 1. The predicted molar refractivity (Wildman–Crippen MR) is 105 cm³/mol. The molecule has 0 spiro atoms. The van der Waals surface area contributed by atoms with Crippen LogP contribution in [0.5, 0.6) is 5.75 Å². The predicted octanol–water partition coefficient (Wildman–Crippen LogP) is 2.50. The zero-order valence-corrected chi connectivity index (χ0v) is 16.4. The van der Waals surface area contributed by atoms with E-state index in [0.717, 1.165) is 5.56 Å². The van der Waals surface area contributed by atoms with Crippen molar-refractivity contribution < 1.29 is 24.3 Å². The van der Waals surface area contributed by atoms with Gasteiger partial charge < -0.3 is 14.6 Å². The summed E-state index contributed by atoms with van der Waals surface area (Å²) < 4.78 is 11.5. The first-order valence-corrected chi connectivity index (χ1v) is 9.11. The Balaban J connectivity index is 2.06. The van der Waals surface area contributed by atoms with Gasteiger partial charge in [0.15, 0.2) is 5.69 Å².